The van der Waals surface area contributed by atoms with E-state index in [2.05, 4.69) is 5.32 Å². The molecular formula is C13H19NO3. The van der Waals surface area contributed by atoms with Gasteiger partial charge in [-0.1, -0.05) is 6.92 Å². The van der Waals surface area contributed by atoms with E-state index in [1.54, 1.807) is 19.2 Å². The maximum atomic E-state index is 11.6. The molecule has 2 N–H and O–H groups in total. The SMILES string of the molecule is CCc1cc(NC(=O)C(C)(C)O)ccc1OC. The monoisotopic (exact) mass is 237 g/mol. The second-order valence-electron chi connectivity index (χ2n) is 4.39. The van der Waals surface area contributed by atoms with Crippen molar-refractivity contribution in [3.05, 3.63) is 23.8 Å². The molecule has 17 heavy (non-hydrogen) atoms. The van der Waals surface area contributed by atoms with Crippen LogP contribution < -0.4 is 10.1 Å². The molecule has 0 atom stereocenters. The Bertz CT molecular complexity index is 408. The van der Waals surface area contributed by atoms with Gasteiger partial charge in [0.2, 0.25) is 0 Å². The number of amides is 1. The Hall–Kier alpha value is -1.55. The molecule has 1 aromatic rings. The molecule has 1 aromatic carbocycles. The number of nitrogens with one attached hydrogen (secondary N) is 1. The quantitative estimate of drug-likeness (QED) is 0.841. The van der Waals surface area contributed by atoms with Gasteiger partial charge < -0.3 is 15.2 Å². The second kappa shape index (κ2) is 5.19. The number of carbonyl (C=O) groups excluding carboxylic acids is 1. The standard InChI is InChI=1S/C13H19NO3/c1-5-9-8-10(6-7-11(9)17-4)14-12(15)13(2,3)16/h6-8,16H,5H2,1-4H3,(H,14,15). The molecule has 0 fully saturated rings. The van der Waals surface area contributed by atoms with Crippen LogP contribution in [-0.4, -0.2) is 23.7 Å². The number of benzene rings is 1. The predicted octanol–water partition coefficient (Wildman–Crippen LogP) is 1.97. The topological polar surface area (TPSA) is 58.6 Å². The molecular weight excluding hydrogens is 218 g/mol. The van der Waals surface area contributed by atoms with E-state index in [1.165, 1.54) is 13.8 Å². The normalized spacial score (nSPS) is 11.1. The van der Waals surface area contributed by atoms with E-state index in [0.717, 1.165) is 17.7 Å². The molecule has 0 saturated carbocycles. The van der Waals surface area contributed by atoms with Crippen LogP contribution in [0.15, 0.2) is 18.2 Å². The Morgan fingerprint density at radius 3 is 2.59 bits per heavy atom. The molecule has 0 radical (unpaired) electrons. The number of aliphatic hydroxyl groups is 1. The highest BCUT2D eigenvalue weighted by molar-refractivity contribution is 5.96. The first-order chi connectivity index (χ1) is 7.88. The molecule has 0 spiro atoms. The average Bonchev–Trinajstić information content (AvgIpc) is 2.27. The minimum atomic E-state index is -1.38. The average molecular weight is 237 g/mol. The Balaban J connectivity index is 2.90. The first-order valence-electron chi connectivity index (χ1n) is 5.59. The minimum absolute atomic E-state index is 0.426. The van der Waals surface area contributed by atoms with Crippen molar-refractivity contribution in [1.82, 2.24) is 0 Å². The van der Waals surface area contributed by atoms with E-state index in [1.807, 2.05) is 13.0 Å². The molecule has 0 aromatic heterocycles. The summed E-state index contributed by atoms with van der Waals surface area (Å²) >= 11 is 0. The summed E-state index contributed by atoms with van der Waals surface area (Å²) in [5, 5.41) is 12.2. The molecule has 1 amide bonds. The van der Waals surface area contributed by atoms with Gasteiger partial charge in [0.25, 0.3) is 5.91 Å². The summed E-state index contributed by atoms with van der Waals surface area (Å²) in [6.45, 7) is 4.92. The third-order valence-corrected chi connectivity index (χ3v) is 2.47. The zero-order chi connectivity index (χ0) is 13.1. The van der Waals surface area contributed by atoms with E-state index < -0.39 is 11.5 Å². The van der Waals surface area contributed by atoms with Gasteiger partial charge in [-0.25, -0.2) is 0 Å². The van der Waals surface area contributed by atoms with Gasteiger partial charge in [0, 0.05) is 5.69 Å². The molecule has 0 saturated heterocycles. The van der Waals surface area contributed by atoms with Gasteiger partial charge in [0.15, 0.2) is 0 Å². The van der Waals surface area contributed by atoms with E-state index in [9.17, 15) is 9.90 Å². The molecule has 0 unspecified atom stereocenters. The zero-order valence-corrected chi connectivity index (χ0v) is 10.7. The van der Waals surface area contributed by atoms with Gasteiger partial charge in [-0.15, -0.1) is 0 Å². The first-order valence-corrected chi connectivity index (χ1v) is 5.59. The van der Waals surface area contributed by atoms with E-state index in [4.69, 9.17) is 4.74 Å². The zero-order valence-electron chi connectivity index (χ0n) is 10.7. The summed E-state index contributed by atoms with van der Waals surface area (Å²) in [6.07, 6.45) is 0.815. The highest BCUT2D eigenvalue weighted by Gasteiger charge is 2.23. The lowest BCUT2D eigenvalue weighted by Crippen LogP contribution is -2.36. The number of carbonyl (C=O) groups is 1. The number of methoxy groups -OCH3 is 1. The second-order valence-corrected chi connectivity index (χ2v) is 4.39. The summed E-state index contributed by atoms with van der Waals surface area (Å²) in [7, 11) is 1.61. The molecule has 0 heterocycles. The van der Waals surface area contributed by atoms with Crippen LogP contribution in [0.4, 0.5) is 5.69 Å². The van der Waals surface area contributed by atoms with Gasteiger partial charge in [-0.05, 0) is 44.0 Å². The van der Waals surface area contributed by atoms with Crippen LogP contribution in [-0.2, 0) is 11.2 Å². The fourth-order valence-electron chi connectivity index (χ4n) is 1.42. The number of ether oxygens (including phenoxy) is 1. The summed E-state index contributed by atoms with van der Waals surface area (Å²) in [4.78, 5) is 11.6. The van der Waals surface area contributed by atoms with Crippen LogP contribution in [0.1, 0.15) is 26.3 Å². The lowest BCUT2D eigenvalue weighted by atomic mass is 10.1. The summed E-state index contributed by atoms with van der Waals surface area (Å²) in [6, 6.07) is 5.41. The maximum Gasteiger partial charge on any atom is 0.255 e. The van der Waals surface area contributed by atoms with Crippen molar-refractivity contribution < 1.29 is 14.6 Å². The molecule has 4 nitrogen and oxygen atoms in total. The third kappa shape index (κ3) is 3.46. The molecule has 1 rings (SSSR count). The van der Waals surface area contributed by atoms with Crippen molar-refractivity contribution in [3.63, 3.8) is 0 Å². The van der Waals surface area contributed by atoms with Gasteiger partial charge in [0.1, 0.15) is 11.4 Å². The maximum absolute atomic E-state index is 11.6. The Morgan fingerprint density at radius 1 is 1.47 bits per heavy atom. The fourth-order valence-corrected chi connectivity index (χ4v) is 1.42. The van der Waals surface area contributed by atoms with E-state index in [-0.39, 0.29) is 0 Å². The van der Waals surface area contributed by atoms with Crippen molar-refractivity contribution in [2.45, 2.75) is 32.8 Å². The molecule has 0 aliphatic heterocycles. The number of hydrogen-bond acceptors (Lipinski definition) is 3. The van der Waals surface area contributed by atoms with Gasteiger partial charge >= 0.3 is 0 Å². The number of aryl methyl sites for hydroxylation is 1. The number of rotatable bonds is 4. The summed E-state index contributed by atoms with van der Waals surface area (Å²) in [5.74, 6) is 0.374. The van der Waals surface area contributed by atoms with E-state index >= 15 is 0 Å². The minimum Gasteiger partial charge on any atom is -0.496 e. The molecule has 4 heteroatoms. The fraction of sp³-hybridized carbons (Fsp3) is 0.462. The summed E-state index contributed by atoms with van der Waals surface area (Å²) in [5.41, 5.74) is 0.294. The van der Waals surface area contributed by atoms with Crippen molar-refractivity contribution in [2.24, 2.45) is 0 Å². The molecule has 94 valence electrons. The van der Waals surface area contributed by atoms with Gasteiger partial charge in [0.05, 0.1) is 7.11 Å². The number of hydrogen-bond donors (Lipinski definition) is 2. The van der Waals surface area contributed by atoms with Crippen LogP contribution in [0.2, 0.25) is 0 Å². The van der Waals surface area contributed by atoms with Crippen molar-refractivity contribution in [3.8, 4) is 5.75 Å². The first kappa shape index (κ1) is 13.5. The van der Waals surface area contributed by atoms with Crippen molar-refractivity contribution >= 4 is 11.6 Å². The van der Waals surface area contributed by atoms with E-state index in [0.29, 0.717) is 5.69 Å². The highest BCUT2D eigenvalue weighted by atomic mass is 16.5. The molecule has 0 aliphatic carbocycles. The van der Waals surface area contributed by atoms with Gasteiger partial charge in [-0.2, -0.15) is 0 Å². The highest BCUT2D eigenvalue weighted by Crippen LogP contribution is 2.23. The Labute approximate surface area is 102 Å². The van der Waals surface area contributed by atoms with Crippen LogP contribution in [0.5, 0.6) is 5.75 Å². The smallest absolute Gasteiger partial charge is 0.255 e. The third-order valence-electron chi connectivity index (χ3n) is 2.47. The van der Waals surface area contributed by atoms with Gasteiger partial charge in [-0.3, -0.25) is 4.79 Å². The Morgan fingerprint density at radius 2 is 2.12 bits per heavy atom. The van der Waals surface area contributed by atoms with Crippen molar-refractivity contribution in [1.29, 1.82) is 0 Å². The molecule has 0 aliphatic rings. The van der Waals surface area contributed by atoms with Crippen LogP contribution in [0.3, 0.4) is 0 Å². The lowest BCUT2D eigenvalue weighted by molar-refractivity contribution is -0.130. The van der Waals surface area contributed by atoms with Crippen LogP contribution >= 0.6 is 0 Å². The predicted molar refractivity (Wildman–Crippen MR) is 67.3 cm³/mol. The van der Waals surface area contributed by atoms with Crippen LogP contribution in [0, 0.1) is 0 Å². The largest absolute Gasteiger partial charge is 0.496 e. The summed E-state index contributed by atoms with van der Waals surface area (Å²) < 4.78 is 5.20. The lowest BCUT2D eigenvalue weighted by Gasteiger charge is -2.17. The Kier molecular flexibility index (Phi) is 4.12. The molecule has 0 bridgehead atoms. The van der Waals surface area contributed by atoms with Crippen LogP contribution in [0.25, 0.3) is 0 Å². The van der Waals surface area contributed by atoms with Crippen molar-refractivity contribution in [2.75, 3.05) is 12.4 Å². The number of anilines is 1.